The first kappa shape index (κ1) is 21.1. The van der Waals surface area contributed by atoms with Crippen LogP contribution in [0.2, 0.25) is 0 Å². The van der Waals surface area contributed by atoms with Crippen molar-refractivity contribution in [2.75, 3.05) is 25.0 Å². The number of hydrogen-bond donors (Lipinski definition) is 2. The number of amides is 3. The van der Waals surface area contributed by atoms with Crippen molar-refractivity contribution >= 4 is 23.4 Å². The highest BCUT2D eigenvalue weighted by atomic mass is 16.5. The zero-order valence-electron chi connectivity index (χ0n) is 17.4. The van der Waals surface area contributed by atoms with E-state index in [1.807, 2.05) is 30.3 Å². The second-order valence-corrected chi connectivity index (χ2v) is 8.04. The van der Waals surface area contributed by atoms with E-state index in [2.05, 4.69) is 10.6 Å². The molecule has 0 aliphatic carbocycles. The summed E-state index contributed by atoms with van der Waals surface area (Å²) in [7, 11) is 0. The zero-order valence-corrected chi connectivity index (χ0v) is 17.4. The number of rotatable bonds is 7. The van der Waals surface area contributed by atoms with Gasteiger partial charge in [-0.25, -0.2) is 0 Å². The van der Waals surface area contributed by atoms with Crippen molar-refractivity contribution in [3.63, 3.8) is 0 Å². The summed E-state index contributed by atoms with van der Waals surface area (Å²) in [6.07, 6.45) is 2.17. The van der Waals surface area contributed by atoms with Crippen LogP contribution in [0.3, 0.4) is 0 Å². The van der Waals surface area contributed by atoms with E-state index in [9.17, 15) is 14.4 Å². The first-order valence-corrected chi connectivity index (χ1v) is 10.7. The molecular formula is C24H27N3O4. The van der Waals surface area contributed by atoms with Crippen LogP contribution in [-0.4, -0.2) is 48.4 Å². The Labute approximate surface area is 181 Å². The van der Waals surface area contributed by atoms with Crippen LogP contribution in [-0.2, 0) is 20.9 Å². The lowest BCUT2D eigenvalue weighted by Gasteiger charge is -2.17. The van der Waals surface area contributed by atoms with E-state index in [0.717, 1.165) is 25.0 Å². The van der Waals surface area contributed by atoms with Gasteiger partial charge in [0.05, 0.1) is 23.3 Å². The topological polar surface area (TPSA) is 87.7 Å². The quantitative estimate of drug-likeness (QED) is 0.719. The Balaban J connectivity index is 1.36. The van der Waals surface area contributed by atoms with Crippen LogP contribution in [0.15, 0.2) is 54.6 Å². The van der Waals surface area contributed by atoms with Gasteiger partial charge in [-0.15, -0.1) is 0 Å². The number of hydrogen-bond acceptors (Lipinski definition) is 4. The number of carbonyl (C=O) groups excluding carboxylic acids is 3. The van der Waals surface area contributed by atoms with Gasteiger partial charge < -0.3 is 20.3 Å². The molecule has 0 radical (unpaired) electrons. The fourth-order valence-electron chi connectivity index (χ4n) is 4.04. The maximum Gasteiger partial charge on any atom is 0.253 e. The van der Waals surface area contributed by atoms with Gasteiger partial charge in [0.25, 0.3) is 5.91 Å². The number of carbonyl (C=O) groups is 3. The first-order chi connectivity index (χ1) is 15.1. The number of likely N-dealkylation sites (tertiary alicyclic amines) is 1. The molecule has 0 saturated carbocycles. The van der Waals surface area contributed by atoms with Gasteiger partial charge in [0, 0.05) is 32.7 Å². The van der Waals surface area contributed by atoms with Gasteiger partial charge in [0.15, 0.2) is 0 Å². The van der Waals surface area contributed by atoms with Crippen molar-refractivity contribution in [3.05, 3.63) is 65.7 Å². The Morgan fingerprint density at radius 1 is 1.06 bits per heavy atom. The van der Waals surface area contributed by atoms with Crippen molar-refractivity contribution in [1.82, 2.24) is 10.2 Å². The van der Waals surface area contributed by atoms with Crippen molar-refractivity contribution < 1.29 is 19.1 Å². The van der Waals surface area contributed by atoms with E-state index in [0.29, 0.717) is 30.9 Å². The Hall–Kier alpha value is -3.19. The van der Waals surface area contributed by atoms with Crippen LogP contribution in [0.25, 0.3) is 0 Å². The minimum absolute atomic E-state index is 0.0356. The van der Waals surface area contributed by atoms with Crippen LogP contribution in [0.1, 0.15) is 35.2 Å². The molecule has 31 heavy (non-hydrogen) atoms. The second-order valence-electron chi connectivity index (χ2n) is 8.04. The third kappa shape index (κ3) is 5.30. The lowest BCUT2D eigenvalue weighted by atomic mass is 10.1. The van der Waals surface area contributed by atoms with Gasteiger partial charge in [0.2, 0.25) is 11.8 Å². The number of nitrogens with one attached hydrogen (secondary N) is 2. The predicted octanol–water partition coefficient (Wildman–Crippen LogP) is 2.58. The van der Waals surface area contributed by atoms with Gasteiger partial charge in [-0.1, -0.05) is 42.5 Å². The van der Waals surface area contributed by atoms with Gasteiger partial charge in [0.1, 0.15) is 0 Å². The highest BCUT2D eigenvalue weighted by molar-refractivity contribution is 6.05. The molecular weight excluding hydrogens is 394 g/mol. The summed E-state index contributed by atoms with van der Waals surface area (Å²) in [4.78, 5) is 39.6. The molecule has 162 valence electrons. The van der Waals surface area contributed by atoms with Crippen molar-refractivity contribution in [1.29, 1.82) is 0 Å². The van der Waals surface area contributed by atoms with Gasteiger partial charge >= 0.3 is 0 Å². The molecule has 3 amide bonds. The normalized spacial score (nSPS) is 20.6. The zero-order chi connectivity index (χ0) is 21.6. The SMILES string of the molecule is O=C(NCC1CCCO1)c1ccccc1NC(=O)C1CC(=O)N(Cc2ccccc2)C1. The van der Waals surface area contributed by atoms with E-state index in [4.69, 9.17) is 4.74 Å². The molecule has 2 atom stereocenters. The van der Waals surface area contributed by atoms with Crippen molar-refractivity contribution in [2.24, 2.45) is 5.92 Å². The monoisotopic (exact) mass is 421 g/mol. The predicted molar refractivity (Wildman–Crippen MR) is 116 cm³/mol. The average Bonchev–Trinajstić information content (AvgIpc) is 3.43. The van der Waals surface area contributed by atoms with E-state index in [1.165, 1.54) is 0 Å². The Bertz CT molecular complexity index is 941. The molecule has 2 saturated heterocycles. The van der Waals surface area contributed by atoms with Crippen molar-refractivity contribution in [2.45, 2.75) is 31.9 Å². The van der Waals surface area contributed by atoms with Crippen LogP contribution in [0, 0.1) is 5.92 Å². The fraction of sp³-hybridized carbons (Fsp3) is 0.375. The molecule has 2 unspecified atom stereocenters. The van der Waals surface area contributed by atoms with E-state index in [-0.39, 0.29) is 30.2 Å². The lowest BCUT2D eigenvalue weighted by molar-refractivity contribution is -0.128. The summed E-state index contributed by atoms with van der Waals surface area (Å²) in [6.45, 7) is 2.04. The molecule has 2 fully saturated rings. The molecule has 2 heterocycles. The summed E-state index contributed by atoms with van der Waals surface area (Å²) in [5, 5.41) is 5.74. The number of anilines is 1. The number of nitrogens with zero attached hydrogens (tertiary/aromatic N) is 1. The van der Waals surface area contributed by atoms with E-state index in [1.54, 1.807) is 29.2 Å². The molecule has 7 nitrogen and oxygen atoms in total. The number of benzene rings is 2. The van der Waals surface area contributed by atoms with Crippen LogP contribution < -0.4 is 10.6 Å². The fourth-order valence-corrected chi connectivity index (χ4v) is 4.04. The molecule has 0 bridgehead atoms. The third-order valence-electron chi connectivity index (χ3n) is 5.75. The van der Waals surface area contributed by atoms with Gasteiger partial charge in [-0.05, 0) is 30.5 Å². The maximum atomic E-state index is 12.9. The van der Waals surface area contributed by atoms with Crippen LogP contribution >= 0.6 is 0 Å². The Kier molecular flexibility index (Phi) is 6.62. The lowest BCUT2D eigenvalue weighted by Crippen LogP contribution is -2.33. The average molecular weight is 421 g/mol. The molecule has 2 aromatic rings. The van der Waals surface area contributed by atoms with Crippen LogP contribution in [0.5, 0.6) is 0 Å². The van der Waals surface area contributed by atoms with E-state index >= 15 is 0 Å². The minimum Gasteiger partial charge on any atom is -0.376 e. The molecule has 2 aliphatic rings. The molecule has 2 N–H and O–H groups in total. The summed E-state index contributed by atoms with van der Waals surface area (Å²) in [5.74, 6) is -0.978. The summed E-state index contributed by atoms with van der Waals surface area (Å²) in [5.41, 5.74) is 1.88. The third-order valence-corrected chi connectivity index (χ3v) is 5.75. The Morgan fingerprint density at radius 3 is 2.61 bits per heavy atom. The summed E-state index contributed by atoms with van der Waals surface area (Å²) in [6, 6.07) is 16.6. The highest BCUT2D eigenvalue weighted by Crippen LogP contribution is 2.23. The van der Waals surface area contributed by atoms with Gasteiger partial charge in [-0.3, -0.25) is 14.4 Å². The molecule has 2 aliphatic heterocycles. The highest BCUT2D eigenvalue weighted by Gasteiger charge is 2.34. The minimum atomic E-state index is -0.445. The maximum absolute atomic E-state index is 12.9. The van der Waals surface area contributed by atoms with E-state index < -0.39 is 5.92 Å². The summed E-state index contributed by atoms with van der Waals surface area (Å²) >= 11 is 0. The molecule has 2 aromatic carbocycles. The van der Waals surface area contributed by atoms with Crippen molar-refractivity contribution in [3.8, 4) is 0 Å². The summed E-state index contributed by atoms with van der Waals surface area (Å²) < 4.78 is 5.54. The molecule has 4 rings (SSSR count). The first-order valence-electron chi connectivity index (χ1n) is 10.7. The second kappa shape index (κ2) is 9.75. The number of para-hydroxylation sites is 1. The van der Waals surface area contributed by atoms with Gasteiger partial charge in [-0.2, -0.15) is 0 Å². The number of ether oxygens (including phenoxy) is 1. The Morgan fingerprint density at radius 2 is 1.84 bits per heavy atom. The molecule has 0 spiro atoms. The molecule has 7 heteroatoms. The standard InChI is InChI=1S/C24H27N3O4/c28-22-13-18(16-27(22)15-17-7-2-1-3-8-17)23(29)26-21-11-5-4-10-20(21)24(30)25-14-19-9-6-12-31-19/h1-5,7-8,10-11,18-19H,6,9,12-16H2,(H,25,30)(H,26,29). The van der Waals surface area contributed by atoms with Crippen LogP contribution in [0.4, 0.5) is 5.69 Å². The smallest absolute Gasteiger partial charge is 0.253 e. The largest absolute Gasteiger partial charge is 0.376 e. The molecule has 0 aromatic heterocycles.